The maximum atomic E-state index is 12.7. The predicted octanol–water partition coefficient (Wildman–Crippen LogP) is 4.17. The number of fused-ring (bicyclic) bond motifs is 1. The number of nitrogens with zero attached hydrogens (tertiary/aromatic N) is 1. The third-order valence-electron chi connectivity index (χ3n) is 4.59. The van der Waals surface area contributed by atoms with Gasteiger partial charge in [0.1, 0.15) is 0 Å². The Morgan fingerprint density at radius 1 is 0.778 bits per heavy atom. The second-order valence-corrected chi connectivity index (χ2v) is 8.21. The Morgan fingerprint density at radius 2 is 1.52 bits per heavy atom. The van der Waals surface area contributed by atoms with Crippen LogP contribution in [0.4, 0.5) is 0 Å². The second-order valence-electron chi connectivity index (χ2n) is 6.45. The van der Waals surface area contributed by atoms with Crippen LogP contribution in [0.1, 0.15) is 11.3 Å². The summed E-state index contributed by atoms with van der Waals surface area (Å²) in [4.78, 5) is 0.280. The van der Waals surface area contributed by atoms with E-state index in [1.54, 1.807) is 12.1 Å². The molecule has 136 valence electrons. The van der Waals surface area contributed by atoms with Gasteiger partial charge < -0.3 is 4.57 Å². The summed E-state index contributed by atoms with van der Waals surface area (Å²) in [7, 11) is -3.58. The molecule has 1 N–H and O–H groups in total. The van der Waals surface area contributed by atoms with Gasteiger partial charge in [0, 0.05) is 18.4 Å². The van der Waals surface area contributed by atoms with E-state index in [-0.39, 0.29) is 11.4 Å². The molecule has 4 rings (SSSR count). The fraction of sp³-hybridized carbons (Fsp3) is 0.0909. The SMILES string of the molecule is O=S(=O)(NCc1cccn1Cc1ccccc1)c1ccc2ccccc2c1. The van der Waals surface area contributed by atoms with Crippen LogP contribution < -0.4 is 4.72 Å². The zero-order valence-electron chi connectivity index (χ0n) is 14.7. The molecule has 0 unspecified atom stereocenters. The first-order valence-corrected chi connectivity index (χ1v) is 10.3. The molecule has 0 amide bonds. The van der Waals surface area contributed by atoms with Gasteiger partial charge in [-0.2, -0.15) is 0 Å². The highest BCUT2D eigenvalue weighted by Crippen LogP contribution is 2.19. The molecule has 0 aliphatic heterocycles. The zero-order chi connectivity index (χ0) is 18.7. The Morgan fingerprint density at radius 3 is 2.33 bits per heavy atom. The number of nitrogens with one attached hydrogen (secondary N) is 1. The minimum atomic E-state index is -3.58. The van der Waals surface area contributed by atoms with Crippen LogP contribution in [-0.4, -0.2) is 13.0 Å². The fourth-order valence-corrected chi connectivity index (χ4v) is 4.17. The molecular weight excluding hydrogens is 356 g/mol. The summed E-state index contributed by atoms with van der Waals surface area (Å²) in [5, 5.41) is 1.93. The van der Waals surface area contributed by atoms with Crippen LogP contribution in [0, 0.1) is 0 Å². The molecule has 0 saturated carbocycles. The van der Waals surface area contributed by atoms with Gasteiger partial charge in [0.25, 0.3) is 0 Å². The summed E-state index contributed by atoms with van der Waals surface area (Å²) >= 11 is 0. The van der Waals surface area contributed by atoms with Crippen molar-refractivity contribution in [3.05, 3.63) is 102 Å². The highest BCUT2D eigenvalue weighted by Gasteiger charge is 2.15. The molecule has 5 heteroatoms. The van der Waals surface area contributed by atoms with E-state index in [0.29, 0.717) is 6.54 Å². The first-order valence-electron chi connectivity index (χ1n) is 8.78. The van der Waals surface area contributed by atoms with Crippen LogP contribution in [0.5, 0.6) is 0 Å². The van der Waals surface area contributed by atoms with Crippen LogP contribution in [0.25, 0.3) is 10.8 Å². The highest BCUT2D eigenvalue weighted by molar-refractivity contribution is 7.89. The highest BCUT2D eigenvalue weighted by atomic mass is 32.2. The minimum Gasteiger partial charge on any atom is -0.346 e. The molecule has 0 saturated heterocycles. The van der Waals surface area contributed by atoms with Gasteiger partial charge in [-0.15, -0.1) is 0 Å². The molecule has 3 aromatic carbocycles. The van der Waals surface area contributed by atoms with Gasteiger partial charge in [-0.25, -0.2) is 13.1 Å². The molecule has 0 aliphatic carbocycles. The Balaban J connectivity index is 1.51. The number of benzene rings is 3. The maximum Gasteiger partial charge on any atom is 0.240 e. The third kappa shape index (κ3) is 3.94. The quantitative estimate of drug-likeness (QED) is 0.549. The van der Waals surface area contributed by atoms with Crippen LogP contribution in [0.2, 0.25) is 0 Å². The van der Waals surface area contributed by atoms with Crippen molar-refractivity contribution in [1.82, 2.24) is 9.29 Å². The molecule has 0 bridgehead atoms. The zero-order valence-corrected chi connectivity index (χ0v) is 15.6. The van der Waals surface area contributed by atoms with Crippen molar-refractivity contribution in [1.29, 1.82) is 0 Å². The minimum absolute atomic E-state index is 0.245. The molecule has 0 fully saturated rings. The van der Waals surface area contributed by atoms with Gasteiger partial charge in [0.15, 0.2) is 0 Å². The number of hydrogen-bond donors (Lipinski definition) is 1. The first kappa shape index (κ1) is 17.5. The van der Waals surface area contributed by atoms with Crippen molar-refractivity contribution in [2.45, 2.75) is 18.0 Å². The van der Waals surface area contributed by atoms with Crippen molar-refractivity contribution in [3.8, 4) is 0 Å². The van der Waals surface area contributed by atoms with Crippen LogP contribution in [0.3, 0.4) is 0 Å². The number of sulfonamides is 1. The summed E-state index contributed by atoms with van der Waals surface area (Å²) in [6.07, 6.45) is 1.96. The summed E-state index contributed by atoms with van der Waals surface area (Å²) in [6.45, 7) is 0.954. The smallest absolute Gasteiger partial charge is 0.240 e. The largest absolute Gasteiger partial charge is 0.346 e. The van der Waals surface area contributed by atoms with Crippen molar-refractivity contribution in [2.24, 2.45) is 0 Å². The van der Waals surface area contributed by atoms with Crippen molar-refractivity contribution >= 4 is 20.8 Å². The molecule has 1 heterocycles. The average Bonchev–Trinajstić information content (AvgIpc) is 3.14. The molecule has 27 heavy (non-hydrogen) atoms. The van der Waals surface area contributed by atoms with Crippen molar-refractivity contribution in [2.75, 3.05) is 0 Å². The summed E-state index contributed by atoms with van der Waals surface area (Å²) in [5.74, 6) is 0. The molecule has 0 radical (unpaired) electrons. The van der Waals surface area contributed by atoms with Gasteiger partial charge >= 0.3 is 0 Å². The molecule has 0 aliphatic rings. The molecule has 4 nitrogen and oxygen atoms in total. The molecule has 0 spiro atoms. The van der Waals surface area contributed by atoms with Gasteiger partial charge in [0.2, 0.25) is 10.0 Å². The lowest BCUT2D eigenvalue weighted by atomic mass is 10.1. The number of aromatic nitrogens is 1. The lowest BCUT2D eigenvalue weighted by molar-refractivity contribution is 0.578. The van der Waals surface area contributed by atoms with Crippen molar-refractivity contribution in [3.63, 3.8) is 0 Å². The fourth-order valence-electron chi connectivity index (χ4n) is 3.13. The van der Waals surface area contributed by atoms with E-state index in [1.807, 2.05) is 66.9 Å². The van der Waals surface area contributed by atoms with Crippen molar-refractivity contribution < 1.29 is 8.42 Å². The van der Waals surface area contributed by atoms with Crippen LogP contribution >= 0.6 is 0 Å². The standard InChI is InChI=1S/C22H20N2O2S/c25-27(26,22-13-12-19-9-4-5-10-20(19)15-22)23-16-21-11-6-14-24(21)17-18-7-2-1-3-8-18/h1-15,23H,16-17H2. The monoisotopic (exact) mass is 376 g/mol. The van der Waals surface area contributed by atoms with E-state index in [4.69, 9.17) is 0 Å². The first-order chi connectivity index (χ1) is 13.1. The third-order valence-corrected chi connectivity index (χ3v) is 5.99. The van der Waals surface area contributed by atoms with E-state index >= 15 is 0 Å². The molecule has 0 atom stereocenters. The lowest BCUT2D eigenvalue weighted by Gasteiger charge is -2.11. The van der Waals surface area contributed by atoms with E-state index in [9.17, 15) is 8.42 Å². The van der Waals surface area contributed by atoms with Gasteiger partial charge in [-0.3, -0.25) is 0 Å². The summed E-state index contributed by atoms with van der Waals surface area (Å²) < 4.78 is 30.2. The Bertz CT molecular complexity index is 1170. The molecule has 1 aromatic heterocycles. The van der Waals surface area contributed by atoms with E-state index in [2.05, 4.69) is 21.4 Å². The lowest BCUT2D eigenvalue weighted by Crippen LogP contribution is -2.24. The Labute approximate surface area is 159 Å². The summed E-state index contributed by atoms with van der Waals surface area (Å²) in [6, 6.07) is 26.9. The predicted molar refractivity (Wildman–Crippen MR) is 108 cm³/mol. The van der Waals surface area contributed by atoms with E-state index < -0.39 is 10.0 Å². The average molecular weight is 376 g/mol. The van der Waals surface area contributed by atoms with Gasteiger partial charge in [0.05, 0.1) is 11.4 Å². The molecule has 4 aromatic rings. The van der Waals surface area contributed by atoms with E-state index in [1.165, 1.54) is 5.56 Å². The van der Waals surface area contributed by atoms with Gasteiger partial charge in [-0.05, 0) is 40.6 Å². The topological polar surface area (TPSA) is 51.1 Å². The normalized spacial score (nSPS) is 11.7. The van der Waals surface area contributed by atoms with Gasteiger partial charge in [-0.1, -0.05) is 60.7 Å². The van der Waals surface area contributed by atoms with Crippen LogP contribution in [-0.2, 0) is 23.1 Å². The maximum absolute atomic E-state index is 12.7. The Hall–Kier alpha value is -2.89. The number of rotatable bonds is 6. The Kier molecular flexibility index (Phi) is 4.79. The van der Waals surface area contributed by atoms with E-state index in [0.717, 1.165) is 16.5 Å². The number of hydrogen-bond acceptors (Lipinski definition) is 2. The summed E-state index contributed by atoms with van der Waals surface area (Å²) in [5.41, 5.74) is 2.09. The second kappa shape index (κ2) is 7.39. The molecular formula is C22H20N2O2S. The van der Waals surface area contributed by atoms with Crippen LogP contribution in [0.15, 0.2) is 96.0 Å².